The molecule has 1 aliphatic rings. The summed E-state index contributed by atoms with van der Waals surface area (Å²) in [5, 5.41) is 21.8. The van der Waals surface area contributed by atoms with Crippen LogP contribution >= 0.6 is 0 Å². The van der Waals surface area contributed by atoms with Crippen LogP contribution in [0.2, 0.25) is 0 Å². The molecule has 0 spiro atoms. The molecule has 1 aromatic carbocycles. The Bertz CT molecular complexity index is 554. The number of aliphatic hydroxyl groups excluding tert-OH is 1. The standard InChI is InChI=1S/C14H16FNO5.K/c15-9-2-4-11-8(7-9)1-3-12(21-11)13(18)16-10(5-6-17)14(19)20;/h2,4,7,10,12,17H,1,3,5-6H2,(H,16,18)(H,19,20);/q;+1/p-1/t10-,12?;/m0./s1. The van der Waals surface area contributed by atoms with Crippen molar-refractivity contribution >= 4 is 11.9 Å². The van der Waals surface area contributed by atoms with Crippen LogP contribution in [-0.4, -0.2) is 35.7 Å². The van der Waals surface area contributed by atoms with Crippen molar-refractivity contribution in [3.05, 3.63) is 29.6 Å². The number of carboxylic acid groups (broad SMARTS) is 1. The van der Waals surface area contributed by atoms with E-state index in [0.29, 0.717) is 24.2 Å². The number of carboxylic acids is 1. The summed E-state index contributed by atoms with van der Waals surface area (Å²) in [6.07, 6.45) is -0.200. The smallest absolute Gasteiger partial charge is 0.548 e. The van der Waals surface area contributed by atoms with Crippen LogP contribution in [0.15, 0.2) is 18.2 Å². The molecule has 1 heterocycles. The van der Waals surface area contributed by atoms with Crippen LogP contribution in [0.25, 0.3) is 0 Å². The number of nitrogens with one attached hydrogen (secondary N) is 1. The number of aryl methyl sites for hydroxylation is 1. The van der Waals surface area contributed by atoms with Crippen LogP contribution in [-0.2, 0) is 16.0 Å². The first-order valence-electron chi connectivity index (χ1n) is 6.58. The SMILES string of the molecule is O=C(N[C@@H](CCO)C(=O)[O-])C1CCc2cc(F)ccc2O1.[K+]. The summed E-state index contributed by atoms with van der Waals surface area (Å²) < 4.78 is 18.5. The van der Waals surface area contributed by atoms with Crippen LogP contribution in [0.4, 0.5) is 4.39 Å². The second kappa shape index (κ2) is 8.95. The minimum absolute atomic E-state index is 0. The second-order valence-electron chi connectivity index (χ2n) is 4.79. The normalized spacial score (nSPS) is 17.5. The van der Waals surface area contributed by atoms with E-state index in [1.165, 1.54) is 18.2 Å². The number of ether oxygens (including phenoxy) is 1. The minimum atomic E-state index is -1.46. The first kappa shape index (κ1) is 19.5. The molecule has 1 amide bonds. The Labute approximate surface area is 169 Å². The van der Waals surface area contributed by atoms with Gasteiger partial charge in [-0.05, 0) is 43.0 Å². The molecule has 1 aliphatic heterocycles. The summed E-state index contributed by atoms with van der Waals surface area (Å²) in [4.78, 5) is 22.8. The van der Waals surface area contributed by atoms with Crippen LogP contribution < -0.4 is 66.5 Å². The Morgan fingerprint density at radius 1 is 1.50 bits per heavy atom. The third kappa shape index (κ3) is 5.00. The number of carbonyl (C=O) groups excluding carboxylic acids is 2. The number of halogens is 1. The third-order valence-corrected chi connectivity index (χ3v) is 3.28. The van der Waals surface area contributed by atoms with E-state index in [4.69, 9.17) is 9.84 Å². The molecular weight excluding hydrogens is 320 g/mol. The van der Waals surface area contributed by atoms with Crippen LogP contribution in [0, 0.1) is 5.82 Å². The zero-order chi connectivity index (χ0) is 15.4. The van der Waals surface area contributed by atoms with Gasteiger partial charge in [0.05, 0.1) is 12.0 Å². The Morgan fingerprint density at radius 3 is 2.86 bits per heavy atom. The molecule has 1 aromatic rings. The number of hydrogen-bond donors (Lipinski definition) is 2. The van der Waals surface area contributed by atoms with Crippen molar-refractivity contribution in [3.63, 3.8) is 0 Å². The van der Waals surface area contributed by atoms with E-state index in [2.05, 4.69) is 5.32 Å². The van der Waals surface area contributed by atoms with Crippen LogP contribution in [0.3, 0.4) is 0 Å². The topological polar surface area (TPSA) is 98.7 Å². The van der Waals surface area contributed by atoms with Gasteiger partial charge in [0.1, 0.15) is 11.6 Å². The minimum Gasteiger partial charge on any atom is -0.548 e. The molecular formula is C14H15FKNO5. The van der Waals surface area contributed by atoms with E-state index in [0.717, 1.165) is 0 Å². The quantitative estimate of drug-likeness (QED) is 0.537. The zero-order valence-corrected chi connectivity index (χ0v) is 15.3. The molecule has 8 heteroatoms. The molecule has 22 heavy (non-hydrogen) atoms. The number of aliphatic hydroxyl groups is 1. The van der Waals surface area contributed by atoms with E-state index in [1.807, 2.05) is 0 Å². The first-order valence-corrected chi connectivity index (χ1v) is 6.58. The van der Waals surface area contributed by atoms with Crippen molar-refractivity contribution in [1.82, 2.24) is 5.32 Å². The molecule has 2 rings (SSSR count). The zero-order valence-electron chi connectivity index (χ0n) is 12.2. The van der Waals surface area contributed by atoms with Gasteiger partial charge in [-0.3, -0.25) is 4.79 Å². The number of carbonyl (C=O) groups is 2. The Hall–Kier alpha value is -0.514. The van der Waals surface area contributed by atoms with Gasteiger partial charge in [0.2, 0.25) is 0 Å². The van der Waals surface area contributed by atoms with E-state index >= 15 is 0 Å². The second-order valence-corrected chi connectivity index (χ2v) is 4.79. The van der Waals surface area contributed by atoms with Gasteiger partial charge in [-0.1, -0.05) is 0 Å². The van der Waals surface area contributed by atoms with Crippen molar-refractivity contribution in [3.8, 4) is 5.75 Å². The maximum atomic E-state index is 13.1. The van der Waals surface area contributed by atoms with Crippen molar-refractivity contribution in [1.29, 1.82) is 0 Å². The van der Waals surface area contributed by atoms with Crippen molar-refractivity contribution in [2.75, 3.05) is 6.61 Å². The van der Waals surface area contributed by atoms with Gasteiger partial charge in [0.25, 0.3) is 5.91 Å². The molecule has 0 saturated heterocycles. The fourth-order valence-corrected chi connectivity index (χ4v) is 2.18. The molecule has 2 atom stereocenters. The van der Waals surface area contributed by atoms with Crippen molar-refractivity contribution < 1.29 is 80.3 Å². The number of benzene rings is 1. The molecule has 1 unspecified atom stereocenters. The summed E-state index contributed by atoms with van der Waals surface area (Å²) in [5.74, 6) is -2.02. The van der Waals surface area contributed by atoms with Gasteiger partial charge in [0, 0.05) is 6.61 Å². The molecule has 0 fully saturated rings. The maximum absolute atomic E-state index is 13.1. The summed E-state index contributed by atoms with van der Waals surface area (Å²) in [7, 11) is 0. The van der Waals surface area contributed by atoms with E-state index in [-0.39, 0.29) is 70.2 Å². The number of aliphatic carboxylic acids is 1. The predicted octanol–water partition coefficient (Wildman–Crippen LogP) is -3.86. The van der Waals surface area contributed by atoms with Crippen molar-refractivity contribution in [2.24, 2.45) is 0 Å². The average Bonchev–Trinajstić information content (AvgIpc) is 2.45. The maximum Gasteiger partial charge on any atom is 1.00 e. The summed E-state index contributed by atoms with van der Waals surface area (Å²) >= 11 is 0. The summed E-state index contributed by atoms with van der Waals surface area (Å²) in [5.41, 5.74) is 0.672. The molecule has 0 saturated carbocycles. The number of amides is 1. The van der Waals surface area contributed by atoms with E-state index in [1.54, 1.807) is 0 Å². The van der Waals surface area contributed by atoms with Gasteiger partial charge in [-0.15, -0.1) is 0 Å². The Kier molecular flexibility index (Phi) is 7.94. The van der Waals surface area contributed by atoms with Crippen LogP contribution in [0.5, 0.6) is 5.75 Å². The summed E-state index contributed by atoms with van der Waals surface area (Å²) in [6, 6.07) is 2.75. The fraction of sp³-hybridized carbons (Fsp3) is 0.429. The van der Waals surface area contributed by atoms with Gasteiger partial charge < -0.3 is 25.1 Å². The molecule has 0 bridgehead atoms. The molecule has 2 N–H and O–H groups in total. The van der Waals surface area contributed by atoms with Gasteiger partial charge in [-0.2, -0.15) is 0 Å². The summed E-state index contributed by atoms with van der Waals surface area (Å²) in [6.45, 7) is -0.382. The molecule has 0 aromatic heterocycles. The Morgan fingerprint density at radius 2 is 2.23 bits per heavy atom. The number of hydrogen-bond acceptors (Lipinski definition) is 5. The van der Waals surface area contributed by atoms with E-state index < -0.39 is 24.0 Å². The van der Waals surface area contributed by atoms with Crippen LogP contribution in [0.1, 0.15) is 18.4 Å². The number of rotatable bonds is 5. The third-order valence-electron chi connectivity index (χ3n) is 3.28. The molecule has 0 radical (unpaired) electrons. The molecule has 6 nitrogen and oxygen atoms in total. The van der Waals surface area contributed by atoms with Gasteiger partial charge in [-0.25, -0.2) is 4.39 Å². The molecule has 114 valence electrons. The van der Waals surface area contributed by atoms with Gasteiger partial charge in [0.15, 0.2) is 6.10 Å². The van der Waals surface area contributed by atoms with Gasteiger partial charge >= 0.3 is 51.4 Å². The largest absolute Gasteiger partial charge is 1.00 e. The van der Waals surface area contributed by atoms with Crippen molar-refractivity contribution in [2.45, 2.75) is 31.4 Å². The molecule has 0 aliphatic carbocycles. The average molecular weight is 335 g/mol. The monoisotopic (exact) mass is 335 g/mol. The first-order chi connectivity index (χ1) is 10.0. The fourth-order valence-electron chi connectivity index (χ4n) is 2.18. The predicted molar refractivity (Wildman–Crippen MR) is 67.8 cm³/mol. The van der Waals surface area contributed by atoms with E-state index in [9.17, 15) is 19.1 Å². The Balaban J connectivity index is 0.00000242. The number of fused-ring (bicyclic) bond motifs is 1.